The Bertz CT molecular complexity index is 851. The van der Waals surface area contributed by atoms with E-state index >= 15 is 0 Å². The van der Waals surface area contributed by atoms with Crippen molar-refractivity contribution in [1.82, 2.24) is 35.5 Å². The van der Waals surface area contributed by atoms with Crippen LogP contribution in [0.4, 0.5) is 0 Å². The molecule has 0 unspecified atom stereocenters. The van der Waals surface area contributed by atoms with Gasteiger partial charge in [0.1, 0.15) is 5.82 Å². The van der Waals surface area contributed by atoms with Crippen LogP contribution in [0.3, 0.4) is 0 Å². The van der Waals surface area contributed by atoms with E-state index in [0.717, 1.165) is 35.5 Å². The van der Waals surface area contributed by atoms with Crippen molar-refractivity contribution < 1.29 is 4.79 Å². The summed E-state index contributed by atoms with van der Waals surface area (Å²) in [7, 11) is 0. The molecule has 1 saturated carbocycles. The van der Waals surface area contributed by atoms with E-state index in [1.807, 2.05) is 28.9 Å². The minimum atomic E-state index is -0.0182. The SMILES string of the molecule is O=C(CSCc1nnnn1C1CCCC1)NCc1nc2ccccc2[nH]1. The number of para-hydroxylation sites is 2. The number of amides is 1. The second kappa shape index (κ2) is 7.86. The molecule has 1 aliphatic carbocycles. The summed E-state index contributed by atoms with van der Waals surface area (Å²) in [6.07, 6.45) is 4.75. The quantitative estimate of drug-likeness (QED) is 0.660. The maximum atomic E-state index is 12.1. The Morgan fingerprint density at radius 3 is 3.00 bits per heavy atom. The molecule has 2 heterocycles. The zero-order chi connectivity index (χ0) is 17.8. The number of rotatable bonds is 7. The van der Waals surface area contributed by atoms with Gasteiger partial charge in [0.2, 0.25) is 5.91 Å². The van der Waals surface area contributed by atoms with Crippen molar-refractivity contribution >= 4 is 28.7 Å². The van der Waals surface area contributed by atoms with Crippen LogP contribution in [0.5, 0.6) is 0 Å². The molecule has 0 aliphatic heterocycles. The highest BCUT2D eigenvalue weighted by Crippen LogP contribution is 2.29. The number of hydrogen-bond donors (Lipinski definition) is 2. The fraction of sp³-hybridized carbons (Fsp3) is 0.471. The number of hydrogen-bond acceptors (Lipinski definition) is 6. The number of thioether (sulfide) groups is 1. The molecule has 1 aromatic carbocycles. The lowest BCUT2D eigenvalue weighted by Crippen LogP contribution is -2.25. The smallest absolute Gasteiger partial charge is 0.230 e. The van der Waals surface area contributed by atoms with Crippen LogP contribution in [-0.4, -0.2) is 41.8 Å². The van der Waals surface area contributed by atoms with Gasteiger partial charge in [0, 0.05) is 0 Å². The first-order chi connectivity index (χ1) is 12.8. The Labute approximate surface area is 155 Å². The molecule has 1 aliphatic rings. The van der Waals surface area contributed by atoms with Crippen LogP contribution >= 0.6 is 11.8 Å². The zero-order valence-corrected chi connectivity index (χ0v) is 15.2. The molecule has 0 radical (unpaired) electrons. The number of benzene rings is 1. The monoisotopic (exact) mass is 371 g/mol. The summed E-state index contributed by atoms with van der Waals surface area (Å²) in [6, 6.07) is 8.24. The Morgan fingerprint density at radius 2 is 2.15 bits per heavy atom. The Morgan fingerprint density at radius 1 is 1.31 bits per heavy atom. The summed E-state index contributed by atoms with van der Waals surface area (Å²) in [5.41, 5.74) is 1.88. The number of aromatic nitrogens is 6. The van der Waals surface area contributed by atoms with E-state index in [9.17, 15) is 4.79 Å². The summed E-state index contributed by atoms with van der Waals surface area (Å²) < 4.78 is 1.94. The Hall–Kier alpha value is -2.42. The second-order valence-corrected chi connectivity index (χ2v) is 7.43. The molecule has 136 valence electrons. The molecule has 2 aromatic heterocycles. The molecule has 1 fully saturated rings. The van der Waals surface area contributed by atoms with Gasteiger partial charge in [0.05, 0.1) is 35.1 Å². The molecule has 8 nitrogen and oxygen atoms in total. The molecule has 0 atom stereocenters. The van der Waals surface area contributed by atoms with Crippen molar-refractivity contribution in [3.05, 3.63) is 35.9 Å². The van der Waals surface area contributed by atoms with Crippen LogP contribution in [0, 0.1) is 0 Å². The summed E-state index contributed by atoms with van der Waals surface area (Å²) >= 11 is 1.53. The molecule has 2 N–H and O–H groups in total. The predicted molar refractivity (Wildman–Crippen MR) is 99.4 cm³/mol. The Kier molecular flexibility index (Phi) is 5.14. The number of nitrogens with one attached hydrogen (secondary N) is 2. The number of tetrazole rings is 1. The first kappa shape index (κ1) is 17.0. The van der Waals surface area contributed by atoms with Gasteiger partial charge < -0.3 is 10.3 Å². The van der Waals surface area contributed by atoms with Crippen molar-refractivity contribution in [2.45, 2.75) is 44.0 Å². The predicted octanol–water partition coefficient (Wildman–Crippen LogP) is 2.21. The molecule has 0 spiro atoms. The standard InChI is InChI=1S/C17H21N7OS/c25-17(18-9-15-19-13-7-3-4-8-14(13)20-15)11-26-10-16-21-22-23-24(16)12-5-1-2-6-12/h3-4,7-8,12H,1-2,5-6,9-11H2,(H,18,25)(H,19,20). The third kappa shape index (κ3) is 3.87. The van der Waals surface area contributed by atoms with E-state index < -0.39 is 0 Å². The number of fused-ring (bicyclic) bond motifs is 1. The van der Waals surface area contributed by atoms with E-state index in [1.54, 1.807) is 0 Å². The zero-order valence-electron chi connectivity index (χ0n) is 14.4. The molecular formula is C17H21N7OS. The van der Waals surface area contributed by atoms with Crippen LogP contribution in [0.2, 0.25) is 0 Å². The number of carbonyl (C=O) groups excluding carboxylic acids is 1. The van der Waals surface area contributed by atoms with E-state index in [-0.39, 0.29) is 5.91 Å². The normalized spacial score (nSPS) is 14.9. The van der Waals surface area contributed by atoms with Gasteiger partial charge >= 0.3 is 0 Å². The van der Waals surface area contributed by atoms with Crippen LogP contribution in [-0.2, 0) is 17.1 Å². The fourth-order valence-electron chi connectivity index (χ4n) is 3.30. The van der Waals surface area contributed by atoms with Gasteiger partial charge in [-0.2, -0.15) is 0 Å². The summed E-state index contributed by atoms with van der Waals surface area (Å²) in [6.45, 7) is 0.397. The molecule has 3 aromatic rings. The average molecular weight is 371 g/mol. The second-order valence-electron chi connectivity index (χ2n) is 6.45. The topological polar surface area (TPSA) is 101 Å². The highest BCUT2D eigenvalue weighted by Gasteiger charge is 2.21. The van der Waals surface area contributed by atoms with E-state index in [2.05, 4.69) is 30.8 Å². The molecule has 0 saturated heterocycles. The van der Waals surface area contributed by atoms with E-state index in [1.165, 1.54) is 24.6 Å². The number of H-pyrrole nitrogens is 1. The highest BCUT2D eigenvalue weighted by molar-refractivity contribution is 7.99. The summed E-state index contributed by atoms with van der Waals surface area (Å²) in [5, 5.41) is 14.9. The van der Waals surface area contributed by atoms with Crippen molar-refractivity contribution in [1.29, 1.82) is 0 Å². The van der Waals surface area contributed by atoms with Crippen molar-refractivity contribution in [2.24, 2.45) is 0 Å². The van der Waals surface area contributed by atoms with Crippen LogP contribution in [0.1, 0.15) is 43.4 Å². The number of nitrogens with zero attached hydrogens (tertiary/aromatic N) is 5. The largest absolute Gasteiger partial charge is 0.348 e. The minimum absolute atomic E-state index is 0.0182. The molecule has 4 rings (SSSR count). The molecule has 0 bridgehead atoms. The van der Waals surface area contributed by atoms with Crippen molar-refractivity contribution in [3.63, 3.8) is 0 Å². The number of carbonyl (C=O) groups is 1. The lowest BCUT2D eigenvalue weighted by molar-refractivity contribution is -0.118. The van der Waals surface area contributed by atoms with E-state index in [0.29, 0.717) is 24.1 Å². The van der Waals surface area contributed by atoms with Gasteiger partial charge in [0.15, 0.2) is 5.82 Å². The molecule has 1 amide bonds. The third-order valence-electron chi connectivity index (χ3n) is 4.59. The van der Waals surface area contributed by atoms with Gasteiger partial charge in [-0.25, -0.2) is 9.67 Å². The number of aromatic amines is 1. The minimum Gasteiger partial charge on any atom is -0.348 e. The third-order valence-corrected chi connectivity index (χ3v) is 5.52. The van der Waals surface area contributed by atoms with Gasteiger partial charge in [-0.15, -0.1) is 16.9 Å². The van der Waals surface area contributed by atoms with Crippen LogP contribution in [0.25, 0.3) is 11.0 Å². The number of imidazole rings is 1. The molecule has 26 heavy (non-hydrogen) atoms. The van der Waals surface area contributed by atoms with Gasteiger partial charge in [-0.05, 0) is 35.4 Å². The van der Waals surface area contributed by atoms with Crippen LogP contribution in [0.15, 0.2) is 24.3 Å². The van der Waals surface area contributed by atoms with Gasteiger partial charge in [0.25, 0.3) is 0 Å². The first-order valence-electron chi connectivity index (χ1n) is 8.84. The van der Waals surface area contributed by atoms with Crippen LogP contribution < -0.4 is 5.32 Å². The first-order valence-corrected chi connectivity index (χ1v) is 10.00. The summed E-state index contributed by atoms with van der Waals surface area (Å²) in [4.78, 5) is 19.7. The molecule has 9 heteroatoms. The van der Waals surface area contributed by atoms with Crippen molar-refractivity contribution in [3.8, 4) is 0 Å². The van der Waals surface area contributed by atoms with Crippen molar-refractivity contribution in [2.75, 3.05) is 5.75 Å². The maximum Gasteiger partial charge on any atom is 0.230 e. The lowest BCUT2D eigenvalue weighted by Gasteiger charge is -2.10. The molecular weight excluding hydrogens is 350 g/mol. The lowest BCUT2D eigenvalue weighted by atomic mass is 10.2. The maximum absolute atomic E-state index is 12.1. The van der Waals surface area contributed by atoms with E-state index in [4.69, 9.17) is 0 Å². The highest BCUT2D eigenvalue weighted by atomic mass is 32.2. The van der Waals surface area contributed by atoms with Gasteiger partial charge in [-0.1, -0.05) is 25.0 Å². The fourth-order valence-corrected chi connectivity index (χ4v) is 4.06. The summed E-state index contributed by atoms with van der Waals surface area (Å²) in [5.74, 6) is 2.61. The van der Waals surface area contributed by atoms with Gasteiger partial charge in [-0.3, -0.25) is 4.79 Å². The average Bonchev–Trinajstić information content (AvgIpc) is 3.38. The Balaban J connectivity index is 1.24.